The summed E-state index contributed by atoms with van der Waals surface area (Å²) >= 11 is 1.70. The van der Waals surface area contributed by atoms with Crippen molar-refractivity contribution in [1.82, 2.24) is 10.2 Å². The van der Waals surface area contributed by atoms with Crippen LogP contribution < -0.4 is 5.32 Å². The molecule has 2 N–H and O–H groups in total. The van der Waals surface area contributed by atoms with Crippen LogP contribution in [0.2, 0.25) is 0 Å². The number of amides is 1. The molecule has 0 saturated carbocycles. The Kier molecular flexibility index (Phi) is 6.27. The van der Waals surface area contributed by atoms with Gasteiger partial charge in [-0.05, 0) is 30.8 Å². The van der Waals surface area contributed by atoms with Crippen molar-refractivity contribution < 1.29 is 14.7 Å². The Hall–Kier alpha value is -1.11. The molecule has 2 heterocycles. The summed E-state index contributed by atoms with van der Waals surface area (Å²) in [6, 6.07) is 4.41. The fourth-order valence-corrected chi connectivity index (χ4v) is 3.13. The van der Waals surface area contributed by atoms with Crippen molar-refractivity contribution in [2.45, 2.75) is 18.9 Å². The van der Waals surface area contributed by atoms with Crippen LogP contribution in [0, 0.1) is 0 Å². The fourth-order valence-electron chi connectivity index (χ4n) is 2.23. The lowest BCUT2D eigenvalue weighted by atomic mass is 10.2. The first-order valence-corrected chi connectivity index (χ1v) is 6.80. The van der Waals surface area contributed by atoms with Crippen LogP contribution in [0.5, 0.6) is 0 Å². The summed E-state index contributed by atoms with van der Waals surface area (Å²) in [5.41, 5.74) is 0. The van der Waals surface area contributed by atoms with Gasteiger partial charge in [0.15, 0.2) is 0 Å². The minimum atomic E-state index is -1.01. The minimum absolute atomic E-state index is 0. The largest absolute Gasteiger partial charge is 0.480 e. The Morgan fingerprint density at radius 2 is 2.32 bits per heavy atom. The van der Waals surface area contributed by atoms with Crippen LogP contribution in [-0.4, -0.2) is 41.5 Å². The zero-order chi connectivity index (χ0) is 13.0. The number of carbonyl (C=O) groups is 2. The Morgan fingerprint density at radius 3 is 2.95 bits per heavy atom. The molecule has 5 nitrogen and oxygen atoms in total. The average molecular weight is 305 g/mol. The van der Waals surface area contributed by atoms with E-state index in [0.717, 1.165) is 19.4 Å². The van der Waals surface area contributed by atoms with E-state index in [4.69, 9.17) is 5.11 Å². The maximum atomic E-state index is 11.6. The topological polar surface area (TPSA) is 69.6 Å². The third-order valence-corrected chi connectivity index (χ3v) is 3.99. The molecule has 1 aromatic rings. The smallest absolute Gasteiger partial charge is 0.322 e. The van der Waals surface area contributed by atoms with Crippen LogP contribution in [0.15, 0.2) is 17.5 Å². The molecule has 1 fully saturated rings. The molecule has 0 aromatic carbocycles. The number of hydrogen-bond donors (Lipinski definition) is 2. The van der Waals surface area contributed by atoms with Gasteiger partial charge in [-0.15, -0.1) is 23.7 Å². The molecule has 0 radical (unpaired) electrons. The molecule has 0 bridgehead atoms. The van der Waals surface area contributed by atoms with Crippen molar-refractivity contribution in [3.05, 3.63) is 22.4 Å². The van der Waals surface area contributed by atoms with Gasteiger partial charge in [0.05, 0.1) is 6.54 Å². The highest BCUT2D eigenvalue weighted by molar-refractivity contribution is 7.10. The molecule has 1 aromatic heterocycles. The quantitative estimate of drug-likeness (QED) is 0.865. The third-order valence-electron chi connectivity index (χ3n) is 3.02. The zero-order valence-corrected chi connectivity index (χ0v) is 12.0. The average Bonchev–Trinajstić information content (AvgIpc) is 2.95. The van der Waals surface area contributed by atoms with Crippen LogP contribution in [0.3, 0.4) is 0 Å². The normalized spacial score (nSPS) is 18.8. The lowest BCUT2D eigenvalue weighted by molar-refractivity contribution is -0.138. The second kappa shape index (κ2) is 7.47. The number of likely N-dealkylation sites (tertiary alicyclic amines) is 1. The van der Waals surface area contributed by atoms with Crippen LogP contribution in [0.25, 0.3) is 0 Å². The summed E-state index contributed by atoms with van der Waals surface area (Å²) in [6.45, 7) is 0.856. The van der Waals surface area contributed by atoms with Crippen LogP contribution in [0.4, 0.5) is 0 Å². The van der Waals surface area contributed by atoms with E-state index in [2.05, 4.69) is 16.3 Å². The van der Waals surface area contributed by atoms with E-state index in [0.29, 0.717) is 6.04 Å². The Labute approximate surface area is 122 Å². The minimum Gasteiger partial charge on any atom is -0.480 e. The van der Waals surface area contributed by atoms with Gasteiger partial charge in [0.1, 0.15) is 6.54 Å². The van der Waals surface area contributed by atoms with E-state index >= 15 is 0 Å². The highest BCUT2D eigenvalue weighted by Gasteiger charge is 2.28. The second-order valence-corrected chi connectivity index (χ2v) is 5.29. The molecule has 0 aliphatic carbocycles. The number of thiophene rings is 1. The van der Waals surface area contributed by atoms with Gasteiger partial charge in [-0.2, -0.15) is 0 Å². The van der Waals surface area contributed by atoms with Gasteiger partial charge in [0, 0.05) is 10.9 Å². The number of hydrogen-bond acceptors (Lipinski definition) is 4. The first-order chi connectivity index (χ1) is 8.66. The molecule has 1 saturated heterocycles. The SMILES string of the molecule is Cl.O=C(O)CNC(=O)CN1CCCC1c1cccs1. The molecule has 7 heteroatoms. The van der Waals surface area contributed by atoms with Crippen LogP contribution in [-0.2, 0) is 9.59 Å². The maximum absolute atomic E-state index is 11.6. The van der Waals surface area contributed by atoms with Gasteiger partial charge in [0.25, 0.3) is 0 Å². The van der Waals surface area contributed by atoms with E-state index < -0.39 is 5.97 Å². The monoisotopic (exact) mass is 304 g/mol. The first-order valence-electron chi connectivity index (χ1n) is 5.93. The standard InChI is InChI=1S/C12H16N2O3S.ClH/c15-11(13-7-12(16)17)8-14-5-1-3-9(14)10-4-2-6-18-10;/h2,4,6,9H,1,3,5,7-8H2,(H,13,15)(H,16,17);1H. The van der Waals surface area contributed by atoms with Gasteiger partial charge in [-0.3, -0.25) is 14.5 Å². The number of halogens is 1. The van der Waals surface area contributed by atoms with E-state index in [1.165, 1.54) is 4.88 Å². The molecule has 1 unspecified atom stereocenters. The number of carboxylic acids is 1. The highest BCUT2D eigenvalue weighted by Crippen LogP contribution is 2.33. The number of nitrogens with zero attached hydrogens (tertiary/aromatic N) is 1. The zero-order valence-electron chi connectivity index (χ0n) is 10.4. The summed E-state index contributed by atoms with van der Waals surface area (Å²) in [5.74, 6) is -1.24. The number of rotatable bonds is 5. The van der Waals surface area contributed by atoms with Gasteiger partial charge < -0.3 is 10.4 Å². The van der Waals surface area contributed by atoms with Crippen molar-refractivity contribution in [3.63, 3.8) is 0 Å². The van der Waals surface area contributed by atoms with Crippen molar-refractivity contribution in [2.75, 3.05) is 19.6 Å². The first kappa shape index (κ1) is 15.9. The summed E-state index contributed by atoms with van der Waals surface area (Å²) < 4.78 is 0. The maximum Gasteiger partial charge on any atom is 0.322 e. The van der Waals surface area contributed by atoms with Gasteiger partial charge in [-0.25, -0.2) is 0 Å². The number of aliphatic carboxylic acids is 1. The van der Waals surface area contributed by atoms with E-state index in [1.807, 2.05) is 11.4 Å². The summed E-state index contributed by atoms with van der Waals surface area (Å²) in [4.78, 5) is 25.4. The van der Waals surface area contributed by atoms with Crippen molar-refractivity contribution in [3.8, 4) is 0 Å². The van der Waals surface area contributed by atoms with Crippen molar-refractivity contribution >= 4 is 35.6 Å². The fraction of sp³-hybridized carbons (Fsp3) is 0.500. The molecule has 1 aliphatic rings. The molecule has 1 aliphatic heterocycles. The lowest BCUT2D eigenvalue weighted by Gasteiger charge is -2.22. The van der Waals surface area contributed by atoms with Crippen molar-refractivity contribution in [1.29, 1.82) is 0 Å². The van der Waals surface area contributed by atoms with E-state index in [-0.39, 0.29) is 31.4 Å². The van der Waals surface area contributed by atoms with E-state index in [1.54, 1.807) is 11.3 Å². The predicted molar refractivity (Wildman–Crippen MR) is 75.8 cm³/mol. The molecule has 106 valence electrons. The summed E-state index contributed by atoms with van der Waals surface area (Å²) in [5, 5.41) is 12.9. The van der Waals surface area contributed by atoms with Crippen LogP contribution >= 0.6 is 23.7 Å². The van der Waals surface area contributed by atoms with Crippen molar-refractivity contribution in [2.24, 2.45) is 0 Å². The molecular formula is C12H17ClN2O3S. The molecule has 19 heavy (non-hydrogen) atoms. The Morgan fingerprint density at radius 1 is 1.53 bits per heavy atom. The predicted octanol–water partition coefficient (Wildman–Crippen LogP) is 1.51. The molecule has 1 amide bonds. The molecule has 0 spiro atoms. The number of carboxylic acid groups (broad SMARTS) is 1. The number of carbonyl (C=O) groups excluding carboxylic acids is 1. The summed E-state index contributed by atoms with van der Waals surface area (Å²) in [7, 11) is 0. The van der Waals surface area contributed by atoms with Gasteiger partial charge in [0.2, 0.25) is 5.91 Å². The third kappa shape index (κ3) is 4.49. The van der Waals surface area contributed by atoms with Crippen LogP contribution in [0.1, 0.15) is 23.8 Å². The Balaban J connectivity index is 0.00000180. The number of nitrogens with one attached hydrogen (secondary N) is 1. The van der Waals surface area contributed by atoms with Gasteiger partial charge >= 0.3 is 5.97 Å². The lowest BCUT2D eigenvalue weighted by Crippen LogP contribution is -2.38. The molecule has 2 rings (SSSR count). The Bertz CT molecular complexity index is 425. The highest BCUT2D eigenvalue weighted by atomic mass is 35.5. The molecular weight excluding hydrogens is 288 g/mol. The molecule has 1 atom stereocenters. The summed E-state index contributed by atoms with van der Waals surface area (Å²) in [6.07, 6.45) is 2.14. The van der Waals surface area contributed by atoms with Gasteiger partial charge in [-0.1, -0.05) is 6.07 Å². The second-order valence-electron chi connectivity index (χ2n) is 4.31. The van der Waals surface area contributed by atoms with E-state index in [9.17, 15) is 9.59 Å².